The molecule has 0 saturated heterocycles. The molecule has 0 bridgehead atoms. The molecule has 0 radical (unpaired) electrons. The number of carbonyl (C=O) groups is 2. The fourth-order valence-electron chi connectivity index (χ4n) is 2.03. The first kappa shape index (κ1) is 18.0. The molecule has 2 aromatic rings. The third-order valence-electron chi connectivity index (χ3n) is 3.29. The molecule has 7 heteroatoms. The minimum absolute atomic E-state index is 0.487. The Morgan fingerprint density at radius 2 is 1.92 bits per heavy atom. The van der Waals surface area contributed by atoms with Gasteiger partial charge in [-0.05, 0) is 36.2 Å². The summed E-state index contributed by atoms with van der Waals surface area (Å²) in [5, 5.41) is 14.2. The van der Waals surface area contributed by atoms with Crippen LogP contribution in [-0.4, -0.2) is 35.6 Å². The van der Waals surface area contributed by atoms with Crippen LogP contribution >= 0.6 is 0 Å². The van der Waals surface area contributed by atoms with Gasteiger partial charge in [-0.2, -0.15) is 0 Å². The molecule has 0 saturated carbocycles. The number of methoxy groups -OCH3 is 1. The number of nitrogens with zero attached hydrogens (tertiary/aromatic N) is 1. The van der Waals surface area contributed by atoms with Gasteiger partial charge in [0.15, 0.2) is 0 Å². The van der Waals surface area contributed by atoms with Gasteiger partial charge in [0.25, 0.3) is 0 Å². The van der Waals surface area contributed by atoms with Gasteiger partial charge in [-0.15, -0.1) is 0 Å². The monoisotopic (exact) mass is 341 g/mol. The number of amides is 1. The van der Waals surface area contributed by atoms with Crippen LogP contribution in [0.25, 0.3) is 0 Å². The van der Waals surface area contributed by atoms with Crippen molar-refractivity contribution in [1.29, 1.82) is 0 Å². The molecule has 2 rings (SSSR count). The van der Waals surface area contributed by atoms with Gasteiger partial charge < -0.3 is 20.5 Å². The van der Waals surface area contributed by atoms with Crippen molar-refractivity contribution in [3.63, 3.8) is 0 Å². The molecular formula is C18H19N3O4. The summed E-state index contributed by atoms with van der Waals surface area (Å²) >= 11 is 0. The van der Waals surface area contributed by atoms with E-state index in [2.05, 4.69) is 15.6 Å². The van der Waals surface area contributed by atoms with Gasteiger partial charge in [0.2, 0.25) is 5.91 Å². The van der Waals surface area contributed by atoms with E-state index < -0.39 is 11.9 Å². The summed E-state index contributed by atoms with van der Waals surface area (Å²) in [7, 11) is 1.64. The van der Waals surface area contributed by atoms with Crippen LogP contribution in [0.1, 0.15) is 5.56 Å². The van der Waals surface area contributed by atoms with Crippen LogP contribution in [0.3, 0.4) is 0 Å². The molecule has 7 nitrogen and oxygen atoms in total. The van der Waals surface area contributed by atoms with Gasteiger partial charge in [-0.1, -0.05) is 12.1 Å². The predicted molar refractivity (Wildman–Crippen MR) is 94.8 cm³/mol. The average Bonchev–Trinajstić information content (AvgIpc) is 2.62. The van der Waals surface area contributed by atoms with Crippen molar-refractivity contribution in [2.24, 2.45) is 0 Å². The maximum absolute atomic E-state index is 11.5. The number of aromatic nitrogens is 1. The van der Waals surface area contributed by atoms with Crippen LogP contribution in [0, 0.1) is 0 Å². The van der Waals surface area contributed by atoms with Crippen LogP contribution in [0.4, 0.5) is 11.5 Å². The number of carboxylic acids is 1. The smallest absolute Gasteiger partial charge is 0.328 e. The Labute approximate surface area is 145 Å². The third kappa shape index (κ3) is 6.34. The van der Waals surface area contributed by atoms with E-state index in [0.717, 1.165) is 24.3 Å². The zero-order valence-electron chi connectivity index (χ0n) is 13.7. The number of ether oxygens (including phenoxy) is 1. The number of nitrogens with one attached hydrogen (secondary N) is 2. The number of hydrogen-bond acceptors (Lipinski definition) is 5. The van der Waals surface area contributed by atoms with E-state index in [1.165, 1.54) is 11.8 Å². The van der Waals surface area contributed by atoms with Crippen molar-refractivity contribution in [2.45, 2.75) is 6.42 Å². The maximum atomic E-state index is 11.5. The second-order valence-electron chi connectivity index (χ2n) is 5.12. The summed E-state index contributed by atoms with van der Waals surface area (Å²) in [4.78, 5) is 26.0. The van der Waals surface area contributed by atoms with Crippen molar-refractivity contribution >= 4 is 23.4 Å². The van der Waals surface area contributed by atoms with Gasteiger partial charge in [-0.3, -0.25) is 4.79 Å². The number of anilines is 2. The Kier molecular flexibility index (Phi) is 6.53. The van der Waals surface area contributed by atoms with Crippen LogP contribution < -0.4 is 15.4 Å². The van der Waals surface area contributed by atoms with Gasteiger partial charge in [0.05, 0.1) is 19.0 Å². The third-order valence-corrected chi connectivity index (χ3v) is 3.29. The normalized spacial score (nSPS) is 10.4. The zero-order valence-corrected chi connectivity index (χ0v) is 13.7. The average molecular weight is 341 g/mol. The quantitative estimate of drug-likeness (QED) is 0.637. The van der Waals surface area contributed by atoms with Crippen molar-refractivity contribution < 1.29 is 19.4 Å². The molecular weight excluding hydrogens is 322 g/mol. The van der Waals surface area contributed by atoms with Crippen LogP contribution in [0.2, 0.25) is 0 Å². The topological polar surface area (TPSA) is 101 Å². The molecule has 0 aliphatic carbocycles. The first-order chi connectivity index (χ1) is 12.1. The minimum Gasteiger partial charge on any atom is -0.497 e. The van der Waals surface area contributed by atoms with Crippen LogP contribution in [-0.2, 0) is 16.0 Å². The molecule has 0 atom stereocenters. The Morgan fingerprint density at radius 1 is 1.16 bits per heavy atom. The summed E-state index contributed by atoms with van der Waals surface area (Å²) in [5.74, 6) is -0.184. The number of carbonyl (C=O) groups excluding carboxylic acids is 1. The molecule has 1 heterocycles. The minimum atomic E-state index is -1.18. The summed E-state index contributed by atoms with van der Waals surface area (Å²) in [6.45, 7) is 0.715. The lowest BCUT2D eigenvalue weighted by Gasteiger charge is -2.07. The highest BCUT2D eigenvalue weighted by atomic mass is 16.5. The summed E-state index contributed by atoms with van der Waals surface area (Å²) in [6.07, 6.45) is 4.06. The molecule has 25 heavy (non-hydrogen) atoms. The highest BCUT2D eigenvalue weighted by Crippen LogP contribution is 2.13. The molecule has 3 N–H and O–H groups in total. The molecule has 0 spiro atoms. The molecule has 1 aromatic carbocycles. The standard InChI is InChI=1S/C18H19N3O4/c1-25-15-5-2-13(3-6-15)10-11-19-16-7-4-14(12-20-16)21-17(22)8-9-18(23)24/h2-9,12H,10-11H2,1H3,(H,19,20)(H,21,22)(H,23,24)/b9-8+. The molecule has 0 aliphatic heterocycles. The van der Waals surface area contributed by atoms with E-state index in [1.54, 1.807) is 19.2 Å². The lowest BCUT2D eigenvalue weighted by atomic mass is 10.1. The van der Waals surface area contributed by atoms with E-state index in [1.807, 2.05) is 24.3 Å². The highest BCUT2D eigenvalue weighted by Gasteiger charge is 2.01. The number of benzene rings is 1. The zero-order chi connectivity index (χ0) is 18.1. The van der Waals surface area contributed by atoms with Gasteiger partial charge in [0, 0.05) is 18.7 Å². The van der Waals surface area contributed by atoms with E-state index in [9.17, 15) is 9.59 Å². The molecule has 0 aliphatic rings. The summed E-state index contributed by atoms with van der Waals surface area (Å²) in [5.41, 5.74) is 1.67. The van der Waals surface area contributed by atoms with Crippen molar-refractivity contribution in [3.05, 3.63) is 60.3 Å². The molecule has 0 fully saturated rings. The second-order valence-corrected chi connectivity index (χ2v) is 5.12. The molecule has 1 aromatic heterocycles. The Hall–Kier alpha value is -3.35. The van der Waals surface area contributed by atoms with Crippen molar-refractivity contribution in [2.75, 3.05) is 24.3 Å². The van der Waals surface area contributed by atoms with E-state index in [-0.39, 0.29) is 0 Å². The van der Waals surface area contributed by atoms with E-state index in [4.69, 9.17) is 9.84 Å². The number of carboxylic acid groups (broad SMARTS) is 1. The van der Waals surface area contributed by atoms with Crippen molar-refractivity contribution in [1.82, 2.24) is 4.98 Å². The Bertz CT molecular complexity index is 740. The molecule has 0 unspecified atom stereocenters. The highest BCUT2D eigenvalue weighted by molar-refractivity contribution is 6.02. The first-order valence-electron chi connectivity index (χ1n) is 7.61. The van der Waals surface area contributed by atoms with Gasteiger partial charge in [-0.25, -0.2) is 9.78 Å². The Morgan fingerprint density at radius 3 is 2.52 bits per heavy atom. The maximum Gasteiger partial charge on any atom is 0.328 e. The van der Waals surface area contributed by atoms with Crippen LogP contribution in [0.5, 0.6) is 5.75 Å². The lowest BCUT2D eigenvalue weighted by molar-refractivity contribution is -0.131. The first-order valence-corrected chi connectivity index (χ1v) is 7.61. The number of pyridine rings is 1. The van der Waals surface area contributed by atoms with Gasteiger partial charge >= 0.3 is 5.97 Å². The molecule has 1 amide bonds. The number of rotatable bonds is 8. The van der Waals surface area contributed by atoms with Crippen LogP contribution in [0.15, 0.2) is 54.7 Å². The predicted octanol–water partition coefficient (Wildman–Crippen LogP) is 2.32. The second kappa shape index (κ2) is 9.07. The molecule has 130 valence electrons. The lowest BCUT2D eigenvalue weighted by Crippen LogP contribution is -2.10. The van der Waals surface area contributed by atoms with Gasteiger partial charge in [0.1, 0.15) is 11.6 Å². The SMILES string of the molecule is COc1ccc(CCNc2ccc(NC(=O)/C=C/C(=O)O)cn2)cc1. The van der Waals surface area contributed by atoms with E-state index in [0.29, 0.717) is 18.1 Å². The fraction of sp³-hybridized carbons (Fsp3) is 0.167. The largest absolute Gasteiger partial charge is 0.497 e. The Balaban J connectivity index is 1.79. The fourth-order valence-corrected chi connectivity index (χ4v) is 2.03. The summed E-state index contributed by atoms with van der Waals surface area (Å²) < 4.78 is 5.12. The van der Waals surface area contributed by atoms with Crippen molar-refractivity contribution in [3.8, 4) is 5.75 Å². The van der Waals surface area contributed by atoms with E-state index >= 15 is 0 Å². The summed E-state index contributed by atoms with van der Waals surface area (Å²) in [6, 6.07) is 11.3. The number of hydrogen-bond donors (Lipinski definition) is 3. The number of aliphatic carboxylic acids is 1.